The molecule has 0 aliphatic rings. The van der Waals surface area contributed by atoms with Gasteiger partial charge in [0, 0.05) is 25.8 Å². The standard InChI is InChI=1S/C16H23NO/c1-16(2,11-13-18-3)14-17-12-7-10-15-8-5-4-6-9-15/h4-6,8-9,17H,11-14H2,1-3H3. The lowest BCUT2D eigenvalue weighted by Crippen LogP contribution is -2.30. The molecule has 1 aromatic rings. The van der Waals surface area contributed by atoms with E-state index >= 15 is 0 Å². The van der Waals surface area contributed by atoms with E-state index in [9.17, 15) is 0 Å². The highest BCUT2D eigenvalue weighted by atomic mass is 16.5. The molecule has 0 aliphatic carbocycles. The average Bonchev–Trinajstić information content (AvgIpc) is 2.37. The van der Waals surface area contributed by atoms with Crippen molar-refractivity contribution in [1.82, 2.24) is 5.32 Å². The molecule has 0 fully saturated rings. The first kappa shape index (κ1) is 14.8. The fourth-order valence-corrected chi connectivity index (χ4v) is 1.60. The van der Waals surface area contributed by atoms with Crippen LogP contribution in [0.1, 0.15) is 25.8 Å². The highest BCUT2D eigenvalue weighted by Crippen LogP contribution is 2.18. The van der Waals surface area contributed by atoms with Crippen LogP contribution in [-0.2, 0) is 4.74 Å². The summed E-state index contributed by atoms with van der Waals surface area (Å²) in [6.07, 6.45) is 1.06. The van der Waals surface area contributed by atoms with Gasteiger partial charge in [0.05, 0.1) is 6.54 Å². The Labute approximate surface area is 111 Å². The Morgan fingerprint density at radius 1 is 1.22 bits per heavy atom. The Morgan fingerprint density at radius 2 is 1.94 bits per heavy atom. The summed E-state index contributed by atoms with van der Waals surface area (Å²) in [6.45, 7) is 6.97. The maximum Gasteiger partial charge on any atom is 0.0580 e. The van der Waals surface area contributed by atoms with E-state index in [2.05, 4.69) is 31.0 Å². The largest absolute Gasteiger partial charge is 0.385 e. The average molecular weight is 245 g/mol. The van der Waals surface area contributed by atoms with Crippen LogP contribution in [0.3, 0.4) is 0 Å². The minimum atomic E-state index is 0.254. The number of rotatable bonds is 6. The second-order valence-electron chi connectivity index (χ2n) is 5.18. The van der Waals surface area contributed by atoms with Gasteiger partial charge in [-0.05, 0) is 24.0 Å². The minimum Gasteiger partial charge on any atom is -0.385 e. The van der Waals surface area contributed by atoms with Gasteiger partial charge in [-0.15, -0.1) is 0 Å². The van der Waals surface area contributed by atoms with Crippen molar-refractivity contribution in [3.8, 4) is 11.8 Å². The van der Waals surface area contributed by atoms with Crippen molar-refractivity contribution in [2.75, 3.05) is 26.8 Å². The van der Waals surface area contributed by atoms with E-state index in [4.69, 9.17) is 4.74 Å². The zero-order chi connectivity index (χ0) is 13.3. The van der Waals surface area contributed by atoms with Gasteiger partial charge in [-0.2, -0.15) is 0 Å². The van der Waals surface area contributed by atoms with E-state index in [1.165, 1.54) is 0 Å². The molecule has 0 unspecified atom stereocenters. The maximum absolute atomic E-state index is 5.11. The van der Waals surface area contributed by atoms with E-state index in [1.54, 1.807) is 7.11 Å². The van der Waals surface area contributed by atoms with Crippen molar-refractivity contribution in [3.63, 3.8) is 0 Å². The summed E-state index contributed by atoms with van der Waals surface area (Å²) >= 11 is 0. The maximum atomic E-state index is 5.11. The van der Waals surface area contributed by atoms with Gasteiger partial charge >= 0.3 is 0 Å². The molecule has 0 aliphatic heterocycles. The van der Waals surface area contributed by atoms with E-state index in [0.29, 0.717) is 0 Å². The molecule has 0 saturated carbocycles. The van der Waals surface area contributed by atoms with Gasteiger partial charge < -0.3 is 10.1 Å². The van der Waals surface area contributed by atoms with Crippen molar-refractivity contribution in [3.05, 3.63) is 35.9 Å². The van der Waals surface area contributed by atoms with Gasteiger partial charge in [0.2, 0.25) is 0 Å². The third-order valence-electron chi connectivity index (χ3n) is 2.81. The molecular weight excluding hydrogens is 222 g/mol. The van der Waals surface area contributed by atoms with Crippen LogP contribution < -0.4 is 5.32 Å². The Morgan fingerprint density at radius 3 is 2.61 bits per heavy atom. The topological polar surface area (TPSA) is 21.3 Å². The van der Waals surface area contributed by atoms with Crippen LogP contribution in [0.2, 0.25) is 0 Å². The monoisotopic (exact) mass is 245 g/mol. The van der Waals surface area contributed by atoms with Crippen LogP contribution in [0.15, 0.2) is 30.3 Å². The van der Waals surface area contributed by atoms with Crippen molar-refractivity contribution in [1.29, 1.82) is 0 Å². The van der Waals surface area contributed by atoms with Crippen molar-refractivity contribution in [2.24, 2.45) is 5.41 Å². The van der Waals surface area contributed by atoms with E-state index in [0.717, 1.165) is 31.7 Å². The van der Waals surface area contributed by atoms with E-state index < -0.39 is 0 Å². The molecule has 1 rings (SSSR count). The second kappa shape index (κ2) is 7.92. The zero-order valence-electron chi connectivity index (χ0n) is 11.6. The molecule has 98 valence electrons. The van der Waals surface area contributed by atoms with Gasteiger partial charge in [0.15, 0.2) is 0 Å². The van der Waals surface area contributed by atoms with Crippen LogP contribution in [0.25, 0.3) is 0 Å². The summed E-state index contributed by atoms with van der Waals surface area (Å²) in [6, 6.07) is 10.1. The summed E-state index contributed by atoms with van der Waals surface area (Å²) in [7, 11) is 1.74. The van der Waals surface area contributed by atoms with Gasteiger partial charge in [-0.3, -0.25) is 0 Å². The predicted octanol–water partition coefficient (Wildman–Crippen LogP) is 2.69. The first-order valence-corrected chi connectivity index (χ1v) is 6.38. The molecule has 0 heterocycles. The van der Waals surface area contributed by atoms with Crippen LogP contribution in [0.4, 0.5) is 0 Å². The van der Waals surface area contributed by atoms with Crippen molar-refractivity contribution >= 4 is 0 Å². The van der Waals surface area contributed by atoms with Gasteiger partial charge in [-0.1, -0.05) is 43.9 Å². The highest BCUT2D eigenvalue weighted by Gasteiger charge is 2.16. The van der Waals surface area contributed by atoms with Gasteiger partial charge in [-0.25, -0.2) is 0 Å². The highest BCUT2D eigenvalue weighted by molar-refractivity contribution is 5.33. The summed E-state index contributed by atoms with van der Waals surface area (Å²) in [5, 5.41) is 3.38. The normalized spacial score (nSPS) is 10.8. The molecule has 0 saturated heterocycles. The Hall–Kier alpha value is -1.30. The molecule has 1 N–H and O–H groups in total. The molecular formula is C16H23NO. The lowest BCUT2D eigenvalue weighted by molar-refractivity contribution is 0.151. The Bertz CT molecular complexity index is 387. The minimum absolute atomic E-state index is 0.254. The lowest BCUT2D eigenvalue weighted by atomic mass is 9.90. The number of nitrogens with one attached hydrogen (secondary N) is 1. The fourth-order valence-electron chi connectivity index (χ4n) is 1.60. The Balaban J connectivity index is 2.25. The van der Waals surface area contributed by atoms with Crippen molar-refractivity contribution in [2.45, 2.75) is 20.3 Å². The second-order valence-corrected chi connectivity index (χ2v) is 5.18. The number of benzene rings is 1. The summed E-state index contributed by atoms with van der Waals surface area (Å²) < 4.78 is 5.11. The number of hydrogen-bond acceptors (Lipinski definition) is 2. The molecule has 2 nitrogen and oxygen atoms in total. The molecule has 0 amide bonds. The molecule has 0 atom stereocenters. The fraction of sp³-hybridized carbons (Fsp3) is 0.500. The lowest BCUT2D eigenvalue weighted by Gasteiger charge is -2.24. The predicted molar refractivity (Wildman–Crippen MR) is 76.5 cm³/mol. The van der Waals surface area contributed by atoms with Crippen LogP contribution >= 0.6 is 0 Å². The summed E-state index contributed by atoms with van der Waals surface area (Å²) in [4.78, 5) is 0. The summed E-state index contributed by atoms with van der Waals surface area (Å²) in [5.74, 6) is 6.27. The number of methoxy groups -OCH3 is 1. The molecule has 0 bridgehead atoms. The Kier molecular flexibility index (Phi) is 6.49. The van der Waals surface area contributed by atoms with E-state index in [-0.39, 0.29) is 5.41 Å². The number of ether oxygens (including phenoxy) is 1. The zero-order valence-corrected chi connectivity index (χ0v) is 11.6. The van der Waals surface area contributed by atoms with Crippen LogP contribution in [-0.4, -0.2) is 26.8 Å². The first-order chi connectivity index (χ1) is 8.64. The van der Waals surface area contributed by atoms with Gasteiger partial charge in [0.25, 0.3) is 0 Å². The summed E-state index contributed by atoms with van der Waals surface area (Å²) in [5.41, 5.74) is 1.32. The smallest absolute Gasteiger partial charge is 0.0580 e. The van der Waals surface area contributed by atoms with Crippen LogP contribution in [0.5, 0.6) is 0 Å². The molecule has 0 spiro atoms. The molecule has 18 heavy (non-hydrogen) atoms. The SMILES string of the molecule is COCCC(C)(C)CNCC#Cc1ccccc1. The molecule has 0 radical (unpaired) electrons. The third-order valence-corrected chi connectivity index (χ3v) is 2.81. The van der Waals surface area contributed by atoms with Crippen LogP contribution in [0, 0.1) is 17.3 Å². The van der Waals surface area contributed by atoms with E-state index in [1.807, 2.05) is 30.3 Å². The third kappa shape index (κ3) is 6.44. The molecule has 1 aromatic carbocycles. The number of hydrogen-bond donors (Lipinski definition) is 1. The first-order valence-electron chi connectivity index (χ1n) is 6.38. The molecule has 2 heteroatoms. The quantitative estimate of drug-likeness (QED) is 0.614. The van der Waals surface area contributed by atoms with Gasteiger partial charge in [0.1, 0.15) is 0 Å². The molecule has 0 aromatic heterocycles. The van der Waals surface area contributed by atoms with Crippen molar-refractivity contribution < 1.29 is 4.74 Å².